The van der Waals surface area contributed by atoms with Crippen LogP contribution >= 0.6 is 0 Å². The van der Waals surface area contributed by atoms with Crippen LogP contribution in [0.1, 0.15) is 38.2 Å². The molecule has 0 fully saturated rings. The second kappa shape index (κ2) is 5.95. The van der Waals surface area contributed by atoms with Crippen molar-refractivity contribution in [3.63, 3.8) is 0 Å². The van der Waals surface area contributed by atoms with Crippen LogP contribution in [0.5, 0.6) is 0 Å². The van der Waals surface area contributed by atoms with E-state index in [2.05, 4.69) is 42.4 Å². The van der Waals surface area contributed by atoms with Gasteiger partial charge in [0, 0.05) is 31.5 Å². The Morgan fingerprint density at radius 3 is 2.94 bits per heavy atom. The SMILES string of the molecule is CCCCCCNc1ccc2c(c1)CCN2C. The number of hydrogen-bond acceptors (Lipinski definition) is 2. The number of anilines is 2. The van der Waals surface area contributed by atoms with Crippen LogP contribution < -0.4 is 10.2 Å². The highest BCUT2D eigenvalue weighted by Crippen LogP contribution is 2.29. The van der Waals surface area contributed by atoms with Crippen molar-refractivity contribution in [2.45, 2.75) is 39.0 Å². The highest BCUT2D eigenvalue weighted by atomic mass is 15.1. The standard InChI is InChI=1S/C15H24N2/c1-3-4-5-6-10-16-14-7-8-15-13(12-14)9-11-17(15)2/h7-8,12,16H,3-6,9-11H2,1-2H3. The summed E-state index contributed by atoms with van der Waals surface area (Å²) < 4.78 is 0. The summed E-state index contributed by atoms with van der Waals surface area (Å²) >= 11 is 0. The normalized spacial score (nSPS) is 13.9. The van der Waals surface area contributed by atoms with Gasteiger partial charge in [0.1, 0.15) is 0 Å². The lowest BCUT2D eigenvalue weighted by Crippen LogP contribution is -2.12. The predicted octanol–water partition coefficient (Wildman–Crippen LogP) is 3.67. The average Bonchev–Trinajstić information content (AvgIpc) is 2.71. The van der Waals surface area contributed by atoms with E-state index in [1.54, 1.807) is 0 Å². The van der Waals surface area contributed by atoms with Crippen LogP contribution in [0.2, 0.25) is 0 Å². The van der Waals surface area contributed by atoms with Gasteiger partial charge in [0.05, 0.1) is 0 Å². The van der Waals surface area contributed by atoms with Crippen molar-refractivity contribution in [3.05, 3.63) is 23.8 Å². The summed E-state index contributed by atoms with van der Waals surface area (Å²) in [7, 11) is 2.17. The zero-order chi connectivity index (χ0) is 12.1. The molecule has 0 radical (unpaired) electrons. The van der Waals surface area contributed by atoms with Gasteiger partial charge >= 0.3 is 0 Å². The van der Waals surface area contributed by atoms with Gasteiger partial charge in [-0.15, -0.1) is 0 Å². The second-order valence-corrected chi connectivity index (χ2v) is 5.00. The summed E-state index contributed by atoms with van der Waals surface area (Å²) in [6.45, 7) is 4.52. The summed E-state index contributed by atoms with van der Waals surface area (Å²) in [5.74, 6) is 0. The Morgan fingerprint density at radius 2 is 2.12 bits per heavy atom. The summed E-state index contributed by atoms with van der Waals surface area (Å²) in [6.07, 6.45) is 6.49. The molecular formula is C15H24N2. The number of hydrogen-bond donors (Lipinski definition) is 1. The largest absolute Gasteiger partial charge is 0.385 e. The van der Waals surface area contributed by atoms with Crippen molar-refractivity contribution in [3.8, 4) is 0 Å². The second-order valence-electron chi connectivity index (χ2n) is 5.00. The number of benzene rings is 1. The number of fused-ring (bicyclic) bond motifs is 1. The minimum Gasteiger partial charge on any atom is -0.385 e. The van der Waals surface area contributed by atoms with Crippen LogP contribution in [0.15, 0.2) is 18.2 Å². The number of nitrogens with zero attached hydrogens (tertiary/aromatic N) is 1. The minimum atomic E-state index is 1.11. The molecule has 2 rings (SSSR count). The van der Waals surface area contributed by atoms with Crippen molar-refractivity contribution in [1.82, 2.24) is 0 Å². The lowest BCUT2D eigenvalue weighted by atomic mass is 10.1. The molecule has 0 unspecified atom stereocenters. The maximum Gasteiger partial charge on any atom is 0.0398 e. The number of rotatable bonds is 6. The van der Waals surface area contributed by atoms with E-state index in [0.717, 1.165) is 13.1 Å². The van der Waals surface area contributed by atoms with Crippen molar-refractivity contribution >= 4 is 11.4 Å². The summed E-state index contributed by atoms with van der Waals surface area (Å²) in [4.78, 5) is 2.33. The van der Waals surface area contributed by atoms with Gasteiger partial charge in [0.25, 0.3) is 0 Å². The average molecular weight is 232 g/mol. The number of unbranched alkanes of at least 4 members (excludes halogenated alkanes) is 3. The predicted molar refractivity (Wildman–Crippen MR) is 76.0 cm³/mol. The molecule has 0 bridgehead atoms. The molecule has 1 heterocycles. The zero-order valence-electron chi connectivity index (χ0n) is 11.1. The van der Waals surface area contributed by atoms with E-state index in [1.807, 2.05) is 0 Å². The quantitative estimate of drug-likeness (QED) is 0.753. The van der Waals surface area contributed by atoms with Gasteiger partial charge in [-0.1, -0.05) is 26.2 Å². The molecule has 0 saturated carbocycles. The van der Waals surface area contributed by atoms with Crippen LogP contribution in [-0.2, 0) is 6.42 Å². The van der Waals surface area contributed by atoms with Crippen molar-refractivity contribution < 1.29 is 0 Å². The topological polar surface area (TPSA) is 15.3 Å². The molecule has 1 N–H and O–H groups in total. The summed E-state index contributed by atoms with van der Waals surface area (Å²) in [5, 5.41) is 3.53. The highest BCUT2D eigenvalue weighted by Gasteiger charge is 2.15. The maximum absolute atomic E-state index is 3.53. The summed E-state index contributed by atoms with van der Waals surface area (Å²) in [6, 6.07) is 6.77. The van der Waals surface area contributed by atoms with Gasteiger partial charge in [-0.3, -0.25) is 0 Å². The third kappa shape index (κ3) is 3.15. The first kappa shape index (κ1) is 12.3. The fourth-order valence-corrected chi connectivity index (χ4v) is 2.46. The highest BCUT2D eigenvalue weighted by molar-refractivity contribution is 5.63. The van der Waals surface area contributed by atoms with Crippen LogP contribution in [0.4, 0.5) is 11.4 Å². The monoisotopic (exact) mass is 232 g/mol. The first-order valence-corrected chi connectivity index (χ1v) is 6.89. The van der Waals surface area contributed by atoms with Gasteiger partial charge in [-0.05, 0) is 36.6 Å². The lowest BCUT2D eigenvalue weighted by molar-refractivity contribution is 0.685. The van der Waals surface area contributed by atoms with Crippen molar-refractivity contribution in [2.24, 2.45) is 0 Å². The van der Waals surface area contributed by atoms with Crippen LogP contribution in [0, 0.1) is 0 Å². The third-order valence-corrected chi connectivity index (χ3v) is 3.57. The number of nitrogens with one attached hydrogen (secondary N) is 1. The van der Waals surface area contributed by atoms with E-state index in [4.69, 9.17) is 0 Å². The van der Waals surface area contributed by atoms with E-state index in [9.17, 15) is 0 Å². The molecule has 94 valence electrons. The molecule has 0 amide bonds. The fourth-order valence-electron chi connectivity index (χ4n) is 2.46. The van der Waals surface area contributed by atoms with Gasteiger partial charge in [-0.2, -0.15) is 0 Å². The van der Waals surface area contributed by atoms with E-state index in [0.29, 0.717) is 0 Å². The Balaban J connectivity index is 1.82. The smallest absolute Gasteiger partial charge is 0.0398 e. The van der Waals surface area contributed by atoms with Gasteiger partial charge in [-0.25, -0.2) is 0 Å². The maximum atomic E-state index is 3.53. The molecule has 0 atom stereocenters. The van der Waals surface area contributed by atoms with E-state index < -0.39 is 0 Å². The van der Waals surface area contributed by atoms with Crippen LogP contribution in [0.25, 0.3) is 0 Å². The molecule has 1 aromatic carbocycles. The van der Waals surface area contributed by atoms with Crippen molar-refractivity contribution in [1.29, 1.82) is 0 Å². The Kier molecular flexibility index (Phi) is 4.29. The Morgan fingerprint density at radius 1 is 1.24 bits per heavy atom. The molecule has 1 aliphatic heterocycles. The molecule has 2 nitrogen and oxygen atoms in total. The van der Waals surface area contributed by atoms with Crippen LogP contribution in [0.3, 0.4) is 0 Å². The third-order valence-electron chi connectivity index (χ3n) is 3.57. The number of likely N-dealkylation sites (N-methyl/N-ethyl adjacent to an activating group) is 1. The van der Waals surface area contributed by atoms with Crippen molar-refractivity contribution in [2.75, 3.05) is 30.4 Å². The molecule has 2 heteroatoms. The van der Waals surface area contributed by atoms with Gasteiger partial charge in [0.15, 0.2) is 0 Å². The molecule has 0 spiro atoms. The Bertz CT molecular complexity index is 360. The van der Waals surface area contributed by atoms with Crippen LogP contribution in [-0.4, -0.2) is 20.1 Å². The lowest BCUT2D eigenvalue weighted by Gasteiger charge is -2.13. The minimum absolute atomic E-state index is 1.11. The first-order chi connectivity index (χ1) is 8.31. The molecule has 0 saturated heterocycles. The molecule has 0 aliphatic carbocycles. The van der Waals surface area contributed by atoms with E-state index in [1.165, 1.54) is 49.0 Å². The molecule has 0 aromatic heterocycles. The fraction of sp³-hybridized carbons (Fsp3) is 0.600. The molecule has 17 heavy (non-hydrogen) atoms. The Labute approximate surface area is 105 Å². The van der Waals surface area contributed by atoms with E-state index >= 15 is 0 Å². The Hall–Kier alpha value is -1.18. The summed E-state index contributed by atoms with van der Waals surface area (Å²) in [5.41, 5.74) is 4.18. The molecule has 1 aromatic rings. The molecule has 1 aliphatic rings. The zero-order valence-corrected chi connectivity index (χ0v) is 11.1. The molecular weight excluding hydrogens is 208 g/mol. The van der Waals surface area contributed by atoms with Gasteiger partial charge < -0.3 is 10.2 Å². The van der Waals surface area contributed by atoms with E-state index in [-0.39, 0.29) is 0 Å². The van der Waals surface area contributed by atoms with Gasteiger partial charge in [0.2, 0.25) is 0 Å². The first-order valence-electron chi connectivity index (χ1n) is 6.89.